The van der Waals surface area contributed by atoms with Gasteiger partial charge in [-0.2, -0.15) is 0 Å². The van der Waals surface area contributed by atoms with E-state index in [1.165, 1.54) is 0 Å². The van der Waals surface area contributed by atoms with Gasteiger partial charge in [0.25, 0.3) is 0 Å². The van der Waals surface area contributed by atoms with E-state index in [0.29, 0.717) is 0 Å². The van der Waals surface area contributed by atoms with Gasteiger partial charge in [0.15, 0.2) is 0 Å². The van der Waals surface area contributed by atoms with Gasteiger partial charge in [0, 0.05) is 12.4 Å². The second kappa shape index (κ2) is 7.20. The molecule has 0 saturated heterocycles. The number of fused-ring (bicyclic) bond motifs is 8. The SMILES string of the molecule is C1=c2ccccc2=NC1n1c2cccnc2c2nc3c4ncccc4n(C4C=c5ccccc5=N4)c3cc21. The van der Waals surface area contributed by atoms with Crippen LogP contribution in [0.15, 0.2) is 101 Å². The van der Waals surface area contributed by atoms with Crippen molar-refractivity contribution in [3.8, 4) is 0 Å². The number of aromatic nitrogens is 5. The van der Waals surface area contributed by atoms with E-state index in [-0.39, 0.29) is 12.3 Å². The summed E-state index contributed by atoms with van der Waals surface area (Å²) in [5.41, 5.74) is 7.44. The topological polar surface area (TPSA) is 73.2 Å². The molecule has 178 valence electrons. The minimum Gasteiger partial charge on any atom is -0.311 e. The molecule has 5 aromatic heterocycles. The highest BCUT2D eigenvalue weighted by molar-refractivity contribution is 6.12. The lowest BCUT2D eigenvalue weighted by Crippen LogP contribution is -2.19. The van der Waals surface area contributed by atoms with Crippen LogP contribution in [-0.4, -0.2) is 24.1 Å². The normalized spacial score (nSPS) is 17.8. The fraction of sp³-hybridized carbons (Fsp3) is 0.0645. The number of para-hydroxylation sites is 2. The average Bonchev–Trinajstić information content (AvgIpc) is 3.71. The standard InChI is InChI=1S/C31H19N7/c1-3-9-20-18(7-1)15-26(34-20)37-22-11-5-13-32-28(22)30-24(37)17-25-31(36-30)29-23(12-6-14-33-29)38(25)27-16-19-8-2-4-10-21(19)35-27/h1-17,26-27H. The molecular weight excluding hydrogens is 470 g/mol. The lowest BCUT2D eigenvalue weighted by Gasteiger charge is -2.13. The Labute approximate surface area is 215 Å². The van der Waals surface area contributed by atoms with Gasteiger partial charge in [0.2, 0.25) is 0 Å². The monoisotopic (exact) mass is 489 g/mol. The van der Waals surface area contributed by atoms with Crippen LogP contribution in [0.5, 0.6) is 0 Å². The van der Waals surface area contributed by atoms with Crippen molar-refractivity contribution in [3.05, 3.63) is 112 Å². The Morgan fingerprint density at radius 1 is 0.500 bits per heavy atom. The molecule has 2 aliphatic rings. The Kier molecular flexibility index (Phi) is 3.78. The van der Waals surface area contributed by atoms with Crippen LogP contribution in [0, 0.1) is 0 Å². The second-order valence-electron chi connectivity index (χ2n) is 9.74. The molecular formula is C31H19N7. The van der Waals surface area contributed by atoms with Gasteiger partial charge in [-0.25, -0.2) is 4.98 Å². The summed E-state index contributed by atoms with van der Waals surface area (Å²) >= 11 is 0. The molecule has 2 atom stereocenters. The summed E-state index contributed by atoms with van der Waals surface area (Å²) in [4.78, 5) is 24.9. The molecule has 7 heterocycles. The van der Waals surface area contributed by atoms with E-state index in [1.807, 2.05) is 36.7 Å². The molecule has 0 aliphatic carbocycles. The van der Waals surface area contributed by atoms with Crippen LogP contribution in [0.1, 0.15) is 12.3 Å². The lowest BCUT2D eigenvalue weighted by atomic mass is 10.2. The van der Waals surface area contributed by atoms with Gasteiger partial charge in [-0.15, -0.1) is 0 Å². The van der Waals surface area contributed by atoms with Gasteiger partial charge >= 0.3 is 0 Å². The van der Waals surface area contributed by atoms with Crippen molar-refractivity contribution < 1.29 is 0 Å². The summed E-state index contributed by atoms with van der Waals surface area (Å²) < 4.78 is 4.51. The van der Waals surface area contributed by atoms with Crippen molar-refractivity contribution in [2.24, 2.45) is 9.98 Å². The van der Waals surface area contributed by atoms with Gasteiger partial charge in [0.1, 0.15) is 34.4 Å². The number of hydrogen-bond acceptors (Lipinski definition) is 5. The molecule has 2 unspecified atom stereocenters. The summed E-state index contributed by atoms with van der Waals surface area (Å²) in [5.74, 6) is 0. The first-order valence-corrected chi connectivity index (χ1v) is 12.7. The maximum atomic E-state index is 5.24. The number of nitrogens with zero attached hydrogens (tertiary/aromatic N) is 7. The van der Waals surface area contributed by atoms with E-state index >= 15 is 0 Å². The molecule has 0 N–H and O–H groups in total. The van der Waals surface area contributed by atoms with Gasteiger partial charge in [0.05, 0.1) is 32.8 Å². The second-order valence-corrected chi connectivity index (χ2v) is 9.74. The fourth-order valence-electron chi connectivity index (χ4n) is 6.02. The molecule has 9 rings (SSSR count). The van der Waals surface area contributed by atoms with Crippen LogP contribution < -0.4 is 21.2 Å². The van der Waals surface area contributed by atoms with E-state index in [4.69, 9.17) is 24.9 Å². The Morgan fingerprint density at radius 3 is 1.50 bits per heavy atom. The predicted octanol–water partition coefficient (Wildman–Crippen LogP) is 3.31. The minimum atomic E-state index is -0.182. The zero-order valence-corrected chi connectivity index (χ0v) is 20.1. The predicted molar refractivity (Wildman–Crippen MR) is 147 cm³/mol. The number of hydrogen-bond donors (Lipinski definition) is 0. The first-order chi connectivity index (χ1) is 18.8. The molecule has 0 bridgehead atoms. The summed E-state index contributed by atoms with van der Waals surface area (Å²) in [5, 5.41) is 4.28. The Balaban J connectivity index is 1.41. The third-order valence-corrected chi connectivity index (χ3v) is 7.64. The molecule has 0 saturated carbocycles. The van der Waals surface area contributed by atoms with Gasteiger partial charge < -0.3 is 9.13 Å². The minimum absolute atomic E-state index is 0.182. The Morgan fingerprint density at radius 2 is 1.00 bits per heavy atom. The molecule has 7 nitrogen and oxygen atoms in total. The van der Waals surface area contributed by atoms with Crippen molar-refractivity contribution in [3.63, 3.8) is 0 Å². The fourth-order valence-corrected chi connectivity index (χ4v) is 6.02. The lowest BCUT2D eigenvalue weighted by molar-refractivity contribution is 0.701. The number of rotatable bonds is 2. The molecule has 2 aromatic carbocycles. The highest BCUT2D eigenvalue weighted by atomic mass is 15.2. The van der Waals surface area contributed by atoms with Gasteiger partial charge in [-0.1, -0.05) is 36.4 Å². The third kappa shape index (κ3) is 2.59. The van der Waals surface area contributed by atoms with Crippen molar-refractivity contribution in [1.82, 2.24) is 24.1 Å². The van der Waals surface area contributed by atoms with Gasteiger partial charge in [-0.3, -0.25) is 20.0 Å². The van der Waals surface area contributed by atoms with Crippen molar-refractivity contribution in [1.29, 1.82) is 0 Å². The van der Waals surface area contributed by atoms with Crippen LogP contribution >= 0.6 is 0 Å². The van der Waals surface area contributed by atoms with Crippen molar-refractivity contribution in [2.45, 2.75) is 12.3 Å². The average molecular weight is 490 g/mol. The van der Waals surface area contributed by atoms with Crippen LogP contribution in [0.4, 0.5) is 0 Å². The van der Waals surface area contributed by atoms with Crippen molar-refractivity contribution in [2.75, 3.05) is 0 Å². The van der Waals surface area contributed by atoms with Crippen molar-refractivity contribution >= 4 is 56.3 Å². The molecule has 7 aromatic rings. The van der Waals surface area contributed by atoms with Crippen LogP contribution in [-0.2, 0) is 0 Å². The Bertz CT molecular complexity index is 2140. The molecule has 0 spiro atoms. The maximum Gasteiger partial charge on any atom is 0.146 e. The van der Waals surface area contributed by atoms with E-state index < -0.39 is 0 Å². The maximum absolute atomic E-state index is 5.24. The van der Waals surface area contributed by atoms with Crippen LogP contribution in [0.2, 0.25) is 0 Å². The number of pyridine rings is 3. The molecule has 0 fully saturated rings. The summed E-state index contributed by atoms with van der Waals surface area (Å²) in [6.45, 7) is 0. The van der Waals surface area contributed by atoms with E-state index in [1.54, 1.807) is 0 Å². The van der Waals surface area contributed by atoms with E-state index in [2.05, 4.69) is 75.9 Å². The zero-order valence-electron chi connectivity index (χ0n) is 20.1. The third-order valence-electron chi connectivity index (χ3n) is 7.64. The van der Waals surface area contributed by atoms with Gasteiger partial charge in [-0.05, 0) is 65.1 Å². The first-order valence-electron chi connectivity index (χ1n) is 12.7. The Hall–Kier alpha value is -5.17. The molecule has 7 heteroatoms. The quantitative estimate of drug-likeness (QED) is 0.374. The summed E-state index contributed by atoms with van der Waals surface area (Å²) in [6.07, 6.45) is 7.71. The number of benzene rings is 2. The molecule has 2 aliphatic heterocycles. The highest BCUT2D eigenvalue weighted by Gasteiger charge is 2.25. The zero-order chi connectivity index (χ0) is 24.8. The summed E-state index contributed by atoms with van der Waals surface area (Å²) in [7, 11) is 0. The van der Waals surface area contributed by atoms with E-state index in [9.17, 15) is 0 Å². The molecule has 0 radical (unpaired) electrons. The molecule has 38 heavy (non-hydrogen) atoms. The smallest absolute Gasteiger partial charge is 0.146 e. The first kappa shape index (κ1) is 20.0. The molecule has 0 amide bonds. The summed E-state index contributed by atoms with van der Waals surface area (Å²) in [6, 6.07) is 26.9. The van der Waals surface area contributed by atoms with Crippen LogP contribution in [0.3, 0.4) is 0 Å². The largest absolute Gasteiger partial charge is 0.311 e. The van der Waals surface area contributed by atoms with E-state index in [0.717, 1.165) is 65.3 Å². The highest BCUT2D eigenvalue weighted by Crippen LogP contribution is 2.37. The van der Waals surface area contributed by atoms with Crippen LogP contribution in [0.25, 0.3) is 56.3 Å².